The second-order valence-electron chi connectivity index (χ2n) is 10.5. The molecule has 0 amide bonds. The van der Waals surface area contributed by atoms with Gasteiger partial charge in [-0.1, -0.05) is 45.9 Å². The number of benzene rings is 1. The Bertz CT molecular complexity index is 1180. The molecule has 1 aromatic carbocycles. The van der Waals surface area contributed by atoms with E-state index in [0.29, 0.717) is 25.9 Å². The molecule has 220 valence electrons. The molecular weight excluding hydrogens is 500 g/mol. The molecule has 3 aromatic rings. The summed E-state index contributed by atoms with van der Waals surface area (Å²) in [6.07, 6.45) is 2.86. The molecule has 3 heterocycles. The van der Waals surface area contributed by atoms with Crippen molar-refractivity contribution >= 4 is 28.4 Å². The number of likely N-dealkylation sites (N-methyl/N-ethyl adjacent to an activating group) is 1. The molecule has 0 aliphatic carbocycles. The summed E-state index contributed by atoms with van der Waals surface area (Å²) in [5.74, 6) is 1.58. The Morgan fingerprint density at radius 2 is 1.68 bits per heavy atom. The molecule has 1 fully saturated rings. The first-order valence-corrected chi connectivity index (χ1v) is 14.8. The first-order valence-electron chi connectivity index (χ1n) is 14.8. The first-order chi connectivity index (χ1) is 19.2. The molecule has 0 spiro atoms. The molecule has 8 heteroatoms. The van der Waals surface area contributed by atoms with Crippen molar-refractivity contribution < 1.29 is 9.53 Å². The largest absolute Gasteiger partial charge is 0.460 e. The fourth-order valence-electron chi connectivity index (χ4n) is 4.52. The highest BCUT2D eigenvalue weighted by Crippen LogP contribution is 2.27. The zero-order chi connectivity index (χ0) is 29.7. The SMILES string of the molecule is CC.CC.Cc1nc(CN(CCCC(=O)OC(C)(C)C)c2cccc3cccnc23)cc(N2CCN(C)CC2)n1. The second-order valence-corrected chi connectivity index (χ2v) is 10.5. The molecule has 1 aliphatic rings. The Hall–Kier alpha value is -3.26. The summed E-state index contributed by atoms with van der Waals surface area (Å²) < 4.78 is 5.52. The van der Waals surface area contributed by atoms with Crippen LogP contribution in [0.5, 0.6) is 0 Å². The van der Waals surface area contributed by atoms with Gasteiger partial charge in [0.25, 0.3) is 0 Å². The highest BCUT2D eigenvalue weighted by atomic mass is 16.6. The third-order valence-electron chi connectivity index (χ3n) is 6.24. The number of piperazine rings is 1. The second kappa shape index (κ2) is 16.1. The van der Waals surface area contributed by atoms with Gasteiger partial charge in [-0.05, 0) is 53.3 Å². The van der Waals surface area contributed by atoms with E-state index in [1.807, 2.05) is 67.7 Å². The fourth-order valence-corrected chi connectivity index (χ4v) is 4.52. The van der Waals surface area contributed by atoms with E-state index < -0.39 is 5.60 Å². The molecule has 2 aromatic heterocycles. The van der Waals surface area contributed by atoms with E-state index in [-0.39, 0.29) is 5.97 Å². The van der Waals surface area contributed by atoms with Crippen molar-refractivity contribution in [2.45, 2.75) is 80.4 Å². The van der Waals surface area contributed by atoms with Crippen molar-refractivity contribution in [1.82, 2.24) is 19.9 Å². The van der Waals surface area contributed by atoms with Crippen LogP contribution in [0.25, 0.3) is 10.9 Å². The molecule has 1 aliphatic heterocycles. The lowest BCUT2D eigenvalue weighted by atomic mass is 10.1. The topological polar surface area (TPSA) is 74.7 Å². The summed E-state index contributed by atoms with van der Waals surface area (Å²) in [5.41, 5.74) is 2.47. The van der Waals surface area contributed by atoms with E-state index in [2.05, 4.69) is 57.1 Å². The number of carbonyl (C=O) groups excluding carboxylic acids is 1. The summed E-state index contributed by atoms with van der Waals surface area (Å²) in [6, 6.07) is 12.4. The Labute approximate surface area is 241 Å². The Kier molecular flexibility index (Phi) is 13.3. The van der Waals surface area contributed by atoms with Gasteiger partial charge in [0.15, 0.2) is 0 Å². The van der Waals surface area contributed by atoms with E-state index in [1.54, 1.807) is 0 Å². The first kappa shape index (κ1) is 32.9. The molecule has 0 unspecified atom stereocenters. The summed E-state index contributed by atoms with van der Waals surface area (Å²) in [4.78, 5) is 33.5. The van der Waals surface area contributed by atoms with Crippen molar-refractivity contribution in [3.05, 3.63) is 54.1 Å². The predicted octanol–water partition coefficient (Wildman–Crippen LogP) is 6.27. The van der Waals surface area contributed by atoms with Crippen LogP contribution in [0.15, 0.2) is 42.6 Å². The summed E-state index contributed by atoms with van der Waals surface area (Å²) in [5, 5.41) is 1.09. The van der Waals surface area contributed by atoms with Gasteiger partial charge in [0, 0.05) is 56.8 Å². The van der Waals surface area contributed by atoms with Crippen LogP contribution >= 0.6 is 0 Å². The van der Waals surface area contributed by atoms with Crippen LogP contribution in [-0.2, 0) is 16.1 Å². The minimum absolute atomic E-state index is 0.172. The van der Waals surface area contributed by atoms with Gasteiger partial charge < -0.3 is 19.4 Å². The highest BCUT2D eigenvalue weighted by molar-refractivity contribution is 5.90. The molecule has 40 heavy (non-hydrogen) atoms. The number of aryl methyl sites for hydroxylation is 1. The van der Waals surface area contributed by atoms with Crippen LogP contribution in [0, 0.1) is 6.92 Å². The number of carbonyl (C=O) groups is 1. The molecule has 0 bridgehead atoms. The zero-order valence-corrected chi connectivity index (χ0v) is 26.2. The summed E-state index contributed by atoms with van der Waals surface area (Å²) >= 11 is 0. The van der Waals surface area contributed by atoms with Crippen molar-refractivity contribution in [2.75, 3.05) is 49.6 Å². The molecule has 0 saturated carbocycles. The number of rotatable bonds is 8. The van der Waals surface area contributed by atoms with Crippen molar-refractivity contribution in [3.8, 4) is 0 Å². The third-order valence-corrected chi connectivity index (χ3v) is 6.24. The highest BCUT2D eigenvalue weighted by Gasteiger charge is 2.20. The lowest BCUT2D eigenvalue weighted by Crippen LogP contribution is -2.45. The number of nitrogens with zero attached hydrogens (tertiary/aromatic N) is 6. The van der Waals surface area contributed by atoms with Crippen LogP contribution in [0.1, 0.15) is 72.8 Å². The van der Waals surface area contributed by atoms with Crippen molar-refractivity contribution in [3.63, 3.8) is 0 Å². The van der Waals surface area contributed by atoms with Crippen LogP contribution < -0.4 is 9.80 Å². The van der Waals surface area contributed by atoms with Gasteiger partial charge in [-0.15, -0.1) is 0 Å². The Morgan fingerprint density at radius 1 is 1.00 bits per heavy atom. The number of aromatic nitrogens is 3. The predicted molar refractivity (Wildman–Crippen MR) is 167 cm³/mol. The van der Waals surface area contributed by atoms with Crippen LogP contribution in [-0.4, -0.2) is 71.2 Å². The smallest absolute Gasteiger partial charge is 0.306 e. The lowest BCUT2D eigenvalue weighted by Gasteiger charge is -2.33. The molecule has 1 saturated heterocycles. The minimum atomic E-state index is -0.478. The zero-order valence-electron chi connectivity index (χ0n) is 26.2. The van der Waals surface area contributed by atoms with Crippen LogP contribution in [0.2, 0.25) is 0 Å². The lowest BCUT2D eigenvalue weighted by molar-refractivity contribution is -0.154. The number of ether oxygens (including phenoxy) is 1. The number of hydrogen-bond acceptors (Lipinski definition) is 8. The fraction of sp³-hybridized carbons (Fsp3) is 0.562. The minimum Gasteiger partial charge on any atom is -0.460 e. The number of fused-ring (bicyclic) bond motifs is 1. The monoisotopic (exact) mass is 550 g/mol. The number of para-hydroxylation sites is 1. The quantitative estimate of drug-likeness (QED) is 0.304. The molecule has 4 rings (SSSR count). The van der Waals surface area contributed by atoms with Crippen molar-refractivity contribution in [1.29, 1.82) is 0 Å². The van der Waals surface area contributed by atoms with Crippen molar-refractivity contribution in [2.24, 2.45) is 0 Å². The van der Waals surface area contributed by atoms with Crippen LogP contribution in [0.4, 0.5) is 11.5 Å². The maximum Gasteiger partial charge on any atom is 0.306 e. The van der Waals surface area contributed by atoms with Gasteiger partial charge >= 0.3 is 5.97 Å². The van der Waals surface area contributed by atoms with Gasteiger partial charge in [0.2, 0.25) is 0 Å². The summed E-state index contributed by atoms with van der Waals surface area (Å²) in [7, 11) is 2.15. The maximum absolute atomic E-state index is 12.4. The maximum atomic E-state index is 12.4. The molecule has 8 nitrogen and oxygen atoms in total. The molecule has 0 atom stereocenters. The number of anilines is 2. The number of esters is 1. The van der Waals surface area contributed by atoms with E-state index in [4.69, 9.17) is 14.7 Å². The molecule has 0 N–H and O–H groups in total. The molecule has 0 radical (unpaired) electrons. The van der Waals surface area contributed by atoms with E-state index in [9.17, 15) is 4.79 Å². The van der Waals surface area contributed by atoms with Gasteiger partial charge in [0.05, 0.1) is 23.4 Å². The number of hydrogen-bond donors (Lipinski definition) is 0. The van der Waals surface area contributed by atoms with Gasteiger partial charge in [-0.2, -0.15) is 0 Å². The Balaban J connectivity index is 0.00000134. The third kappa shape index (κ3) is 10.0. The average molecular weight is 551 g/mol. The van der Waals surface area contributed by atoms with Gasteiger partial charge in [-0.3, -0.25) is 9.78 Å². The standard InChI is InChI=1S/C28H38N6O2.2C2H6/c1-21-30-23(19-25(31-21)33-17-15-32(5)16-18-33)20-34(14-8-12-26(35)36-28(2,3)4)24-11-6-9-22-10-7-13-29-27(22)24;2*1-2/h6-7,9-11,13,19H,8,12,14-18,20H2,1-5H3;2*1-2H3. The number of pyridine rings is 1. The Morgan fingerprint density at radius 3 is 2.35 bits per heavy atom. The summed E-state index contributed by atoms with van der Waals surface area (Å²) in [6.45, 7) is 20.9. The molecular formula is C32H50N6O2. The van der Waals surface area contributed by atoms with E-state index in [0.717, 1.165) is 60.1 Å². The average Bonchev–Trinajstić information content (AvgIpc) is 2.93. The van der Waals surface area contributed by atoms with Gasteiger partial charge in [-0.25, -0.2) is 9.97 Å². The van der Waals surface area contributed by atoms with E-state index in [1.165, 1.54) is 0 Å². The van der Waals surface area contributed by atoms with Gasteiger partial charge in [0.1, 0.15) is 17.2 Å². The van der Waals surface area contributed by atoms with E-state index >= 15 is 0 Å². The van der Waals surface area contributed by atoms with Crippen LogP contribution in [0.3, 0.4) is 0 Å². The normalized spacial score (nSPS) is 13.6.